The minimum Gasteiger partial charge on any atom is -1.00 e. The van der Waals surface area contributed by atoms with Crippen LogP contribution in [0.15, 0.2) is 28.8 Å². The van der Waals surface area contributed by atoms with Crippen molar-refractivity contribution in [1.82, 2.24) is 15.5 Å². The molecule has 0 aliphatic carbocycles. The highest BCUT2D eigenvalue weighted by Gasteiger charge is 2.14. The molecule has 0 spiro atoms. The molecule has 140 valence electrons. The standard InChI is InChI=1S/C17H25N3O4.ClH/c1-12-19-16(24-20-12)11-23-15-8-6-5-7-14(15)22-10-13(21)9-18-17(2,3)4;/h5-8,13,18,21H,9-11H2,1-4H3;1H. The second-order valence-electron chi connectivity index (χ2n) is 6.57. The summed E-state index contributed by atoms with van der Waals surface area (Å²) in [4.78, 5) is 4.09. The fourth-order valence-corrected chi connectivity index (χ4v) is 1.90. The summed E-state index contributed by atoms with van der Waals surface area (Å²) in [6.45, 7) is 8.66. The number of rotatable bonds is 8. The largest absolute Gasteiger partial charge is 1.00 e. The first-order chi connectivity index (χ1) is 11.3. The van der Waals surface area contributed by atoms with Crippen molar-refractivity contribution in [3.05, 3.63) is 36.0 Å². The van der Waals surface area contributed by atoms with Gasteiger partial charge in [0.15, 0.2) is 23.9 Å². The molecule has 8 heteroatoms. The molecule has 1 unspecified atom stereocenters. The predicted octanol–water partition coefficient (Wildman–Crippen LogP) is -0.799. The summed E-state index contributed by atoms with van der Waals surface area (Å²) >= 11 is 0. The molecule has 0 aliphatic heterocycles. The zero-order valence-corrected chi connectivity index (χ0v) is 15.7. The number of aryl methyl sites for hydroxylation is 1. The maximum atomic E-state index is 10.0. The Hall–Kier alpha value is -1.83. The number of ether oxygens (including phenoxy) is 2. The molecule has 2 rings (SSSR count). The minimum atomic E-state index is -0.615. The zero-order valence-electron chi connectivity index (χ0n) is 16.0. The molecule has 0 bridgehead atoms. The van der Waals surface area contributed by atoms with Gasteiger partial charge in [-0.3, -0.25) is 0 Å². The number of halogens is 1. The highest BCUT2D eigenvalue weighted by atomic mass is 35.5. The normalized spacial score (nSPS) is 12.4. The van der Waals surface area contributed by atoms with E-state index in [-0.39, 0.29) is 32.6 Å². The molecule has 0 radical (unpaired) electrons. The van der Waals surface area contributed by atoms with E-state index in [1.807, 2.05) is 32.9 Å². The number of aromatic nitrogens is 2. The number of benzene rings is 1. The Morgan fingerprint density at radius 2 is 1.88 bits per heavy atom. The minimum absolute atomic E-state index is 0. The van der Waals surface area contributed by atoms with E-state index in [1.54, 1.807) is 19.1 Å². The van der Waals surface area contributed by atoms with Gasteiger partial charge in [0.2, 0.25) is 0 Å². The van der Waals surface area contributed by atoms with Gasteiger partial charge >= 0.3 is 1.43 Å². The first-order valence-electron chi connectivity index (χ1n) is 7.90. The van der Waals surface area contributed by atoms with E-state index in [4.69, 9.17) is 14.0 Å². The third-order valence-electron chi connectivity index (χ3n) is 3.07. The third kappa shape index (κ3) is 7.72. The molecule has 25 heavy (non-hydrogen) atoms. The summed E-state index contributed by atoms with van der Waals surface area (Å²) in [5, 5.41) is 17.0. The number of hydrogen-bond acceptors (Lipinski definition) is 7. The van der Waals surface area contributed by atoms with Crippen LogP contribution in [0.25, 0.3) is 0 Å². The van der Waals surface area contributed by atoms with Crippen LogP contribution in [0.4, 0.5) is 0 Å². The number of hydrogen-bond donors (Lipinski definition) is 2. The molecule has 0 saturated carbocycles. The molecule has 0 fully saturated rings. The van der Waals surface area contributed by atoms with E-state index < -0.39 is 6.10 Å². The van der Waals surface area contributed by atoms with E-state index >= 15 is 0 Å². The second-order valence-corrected chi connectivity index (χ2v) is 6.57. The van der Waals surface area contributed by atoms with E-state index in [1.165, 1.54) is 0 Å². The molecule has 0 aliphatic rings. The number of para-hydroxylation sites is 2. The van der Waals surface area contributed by atoms with Gasteiger partial charge in [0.25, 0.3) is 5.89 Å². The van der Waals surface area contributed by atoms with Gasteiger partial charge in [0, 0.05) is 12.1 Å². The van der Waals surface area contributed by atoms with E-state index in [2.05, 4.69) is 15.5 Å². The lowest BCUT2D eigenvalue weighted by Crippen LogP contribution is -3.00. The Bertz CT molecular complexity index is 649. The van der Waals surface area contributed by atoms with Gasteiger partial charge in [0.1, 0.15) is 12.7 Å². The van der Waals surface area contributed by atoms with Crippen LogP contribution in [0, 0.1) is 6.92 Å². The van der Waals surface area contributed by atoms with Crippen LogP contribution in [-0.2, 0) is 6.61 Å². The second kappa shape index (κ2) is 9.60. The average molecular weight is 372 g/mol. The van der Waals surface area contributed by atoms with Crippen LogP contribution in [0.3, 0.4) is 0 Å². The van der Waals surface area contributed by atoms with Gasteiger partial charge in [-0.1, -0.05) is 17.3 Å². The molecule has 0 saturated heterocycles. The number of aliphatic hydroxyl groups excluding tert-OH is 1. The molecule has 7 nitrogen and oxygen atoms in total. The molecule has 0 amide bonds. The monoisotopic (exact) mass is 371 g/mol. The van der Waals surface area contributed by atoms with Crippen LogP contribution in [0.2, 0.25) is 0 Å². The highest BCUT2D eigenvalue weighted by molar-refractivity contribution is 5.39. The van der Waals surface area contributed by atoms with Crippen LogP contribution < -0.4 is 27.2 Å². The van der Waals surface area contributed by atoms with Gasteiger partial charge in [-0.15, -0.1) is 0 Å². The Kier molecular flexibility index (Phi) is 8.15. The molecular formula is C17H26ClN3O4. The van der Waals surface area contributed by atoms with Crippen LogP contribution in [-0.4, -0.2) is 40.0 Å². The summed E-state index contributed by atoms with van der Waals surface area (Å²) in [6.07, 6.45) is -0.615. The molecular weight excluding hydrogens is 346 g/mol. The smallest absolute Gasteiger partial charge is 1.00 e. The Morgan fingerprint density at radius 3 is 2.44 bits per heavy atom. The van der Waals surface area contributed by atoms with Crippen molar-refractivity contribution in [3.63, 3.8) is 0 Å². The number of β-amino-alcohol motifs (C(OH)–C–C–N with tert-alkyl or cyclic N) is 1. The summed E-state index contributed by atoms with van der Waals surface area (Å²) < 4.78 is 16.4. The van der Waals surface area contributed by atoms with Crippen LogP contribution in [0.5, 0.6) is 11.5 Å². The number of nitrogens with zero attached hydrogens (tertiary/aromatic N) is 2. The lowest BCUT2D eigenvalue weighted by molar-refractivity contribution is -0.00000810. The van der Waals surface area contributed by atoms with Gasteiger partial charge in [-0.25, -0.2) is 0 Å². The average Bonchev–Trinajstić information content (AvgIpc) is 2.94. The van der Waals surface area contributed by atoms with Crippen molar-refractivity contribution in [3.8, 4) is 11.5 Å². The maximum absolute atomic E-state index is 10.0. The van der Waals surface area contributed by atoms with Crippen molar-refractivity contribution in [2.45, 2.75) is 45.9 Å². The quantitative estimate of drug-likeness (QED) is 0.628. The molecule has 2 N–H and O–H groups in total. The summed E-state index contributed by atoms with van der Waals surface area (Å²) in [6, 6.07) is 7.27. The topological polar surface area (TPSA) is 89.6 Å². The lowest BCUT2D eigenvalue weighted by atomic mass is 10.1. The first kappa shape index (κ1) is 21.2. The first-order valence-corrected chi connectivity index (χ1v) is 7.90. The molecule has 1 aromatic carbocycles. The van der Waals surface area contributed by atoms with Crippen molar-refractivity contribution in [2.75, 3.05) is 13.2 Å². The molecule has 1 aromatic heterocycles. The number of aliphatic hydroxyl groups is 1. The Balaban J connectivity index is 0.00000312. The van der Waals surface area contributed by atoms with Gasteiger partial charge in [-0.05, 0) is 39.8 Å². The third-order valence-corrected chi connectivity index (χ3v) is 3.07. The highest BCUT2D eigenvalue weighted by Crippen LogP contribution is 2.27. The van der Waals surface area contributed by atoms with E-state index in [0.717, 1.165) is 0 Å². The van der Waals surface area contributed by atoms with E-state index in [0.29, 0.717) is 29.8 Å². The molecule has 1 heterocycles. The Labute approximate surface area is 155 Å². The fraction of sp³-hybridized carbons (Fsp3) is 0.529. The molecule has 1 atom stereocenters. The molecule has 2 aromatic rings. The fourth-order valence-electron chi connectivity index (χ4n) is 1.90. The summed E-state index contributed by atoms with van der Waals surface area (Å²) in [5.41, 5.74) is -0.0514. The predicted molar refractivity (Wildman–Crippen MR) is 90.2 cm³/mol. The zero-order chi connectivity index (χ0) is 17.6. The van der Waals surface area contributed by atoms with Crippen LogP contribution >= 0.6 is 0 Å². The lowest BCUT2D eigenvalue weighted by Gasteiger charge is -2.23. The van der Waals surface area contributed by atoms with E-state index in [9.17, 15) is 5.11 Å². The number of nitrogens with one attached hydrogen (secondary N) is 1. The maximum Gasteiger partial charge on any atom is 1.00 e. The Morgan fingerprint density at radius 1 is 1.24 bits per heavy atom. The van der Waals surface area contributed by atoms with Gasteiger partial charge in [0.05, 0.1) is 0 Å². The van der Waals surface area contributed by atoms with Gasteiger partial charge in [-0.2, -0.15) is 4.98 Å². The SMILES string of the molecule is Cc1noc(COc2ccccc2OCC(O)CNC(C)(C)C)n1.[Cl-].[H+]. The van der Waals surface area contributed by atoms with Crippen molar-refractivity contribution in [1.29, 1.82) is 0 Å². The van der Waals surface area contributed by atoms with Crippen molar-refractivity contribution in [2.24, 2.45) is 0 Å². The summed E-state index contributed by atoms with van der Waals surface area (Å²) in [7, 11) is 0. The summed E-state index contributed by atoms with van der Waals surface area (Å²) in [5.74, 6) is 2.08. The van der Waals surface area contributed by atoms with Crippen LogP contribution in [0.1, 0.15) is 33.9 Å². The van der Waals surface area contributed by atoms with Crippen molar-refractivity contribution >= 4 is 0 Å². The van der Waals surface area contributed by atoms with Gasteiger partial charge < -0.3 is 36.8 Å². The van der Waals surface area contributed by atoms with Crippen molar-refractivity contribution < 1.29 is 32.9 Å².